The van der Waals surface area contributed by atoms with Gasteiger partial charge in [-0.05, 0) is 65.9 Å². The quantitative estimate of drug-likeness (QED) is 0.214. The van der Waals surface area contributed by atoms with Gasteiger partial charge in [-0.3, -0.25) is 0 Å². The van der Waals surface area contributed by atoms with E-state index in [1.165, 1.54) is 12.2 Å². The molecule has 0 bridgehead atoms. The minimum atomic E-state index is -0.371. The number of hydrogen-bond donors (Lipinski definition) is 3. The van der Waals surface area contributed by atoms with E-state index in [9.17, 15) is 9.50 Å². The number of halogens is 2. The summed E-state index contributed by atoms with van der Waals surface area (Å²) in [4.78, 5) is 0. The molecule has 0 spiro atoms. The van der Waals surface area contributed by atoms with Crippen molar-refractivity contribution >= 4 is 17.4 Å². The molecule has 0 radical (unpaired) electrons. The lowest BCUT2D eigenvalue weighted by molar-refractivity contribution is 0.318. The highest BCUT2D eigenvalue weighted by atomic mass is 35.5. The van der Waals surface area contributed by atoms with E-state index in [0.29, 0.717) is 21.7 Å². The number of nitrogens with zero attached hydrogens (tertiary/aromatic N) is 1. The third kappa shape index (κ3) is 4.86. The second kappa shape index (κ2) is 9.06. The maximum absolute atomic E-state index is 14.0. The topological polar surface area (TPSA) is 78.8 Å². The Morgan fingerprint density at radius 1 is 1.27 bits per heavy atom. The van der Waals surface area contributed by atoms with Crippen molar-refractivity contribution in [3.8, 4) is 16.9 Å². The van der Waals surface area contributed by atoms with Gasteiger partial charge in [0.1, 0.15) is 11.6 Å². The first-order valence-corrected chi connectivity index (χ1v) is 8.46. The van der Waals surface area contributed by atoms with Gasteiger partial charge in [-0.15, -0.1) is 0 Å². The molecule has 2 aromatic carbocycles. The molecule has 0 unspecified atom stereocenters. The number of phenolic OH excluding ortho intramolecular Hbond substituents is 1. The number of rotatable bonds is 6. The van der Waals surface area contributed by atoms with Gasteiger partial charge in [0.05, 0.1) is 0 Å². The molecule has 0 saturated heterocycles. The monoisotopic (exact) mass is 374 g/mol. The standard InChI is InChI=1S/C20H20ClFN2O2/c1-2-3-4-15(22)7-10-17-18(13-5-8-16(25)9-6-13)11-14(21)12-19(17)20(23)24-26/h3-9,11-12,25-26H,2,10H2,1H3,(H2,23,24)/b4-3-,15-7+. The minimum Gasteiger partial charge on any atom is -0.508 e. The second-order valence-corrected chi connectivity index (χ2v) is 6.05. The Hall–Kier alpha value is -2.79. The number of nitrogens with two attached hydrogens (primary N) is 1. The number of phenols is 1. The molecule has 4 nitrogen and oxygen atoms in total. The summed E-state index contributed by atoms with van der Waals surface area (Å²) < 4.78 is 14.0. The summed E-state index contributed by atoms with van der Waals surface area (Å²) in [6.45, 7) is 1.92. The van der Waals surface area contributed by atoms with E-state index in [1.807, 2.05) is 6.92 Å². The van der Waals surface area contributed by atoms with Gasteiger partial charge in [0.15, 0.2) is 5.84 Å². The number of oxime groups is 1. The average molecular weight is 375 g/mol. The molecule has 136 valence electrons. The molecule has 2 rings (SSSR count). The molecular formula is C20H20ClFN2O2. The van der Waals surface area contributed by atoms with Gasteiger partial charge >= 0.3 is 0 Å². The van der Waals surface area contributed by atoms with Crippen LogP contribution in [0.4, 0.5) is 4.39 Å². The molecule has 0 heterocycles. The average Bonchev–Trinajstić information content (AvgIpc) is 2.64. The van der Waals surface area contributed by atoms with Crippen LogP contribution in [0, 0.1) is 0 Å². The van der Waals surface area contributed by atoms with Gasteiger partial charge in [-0.25, -0.2) is 4.39 Å². The zero-order chi connectivity index (χ0) is 19.1. The van der Waals surface area contributed by atoms with E-state index in [-0.39, 0.29) is 23.8 Å². The molecule has 0 aromatic heterocycles. The summed E-state index contributed by atoms with van der Waals surface area (Å²) in [7, 11) is 0. The fourth-order valence-electron chi connectivity index (χ4n) is 2.54. The number of aromatic hydroxyl groups is 1. The number of allylic oxidation sites excluding steroid dienone is 4. The molecule has 0 amide bonds. The van der Waals surface area contributed by atoms with Crippen LogP contribution in [-0.4, -0.2) is 16.1 Å². The van der Waals surface area contributed by atoms with E-state index < -0.39 is 0 Å². The van der Waals surface area contributed by atoms with Crippen molar-refractivity contribution in [2.45, 2.75) is 19.8 Å². The van der Waals surface area contributed by atoms with Crippen LogP contribution in [0.5, 0.6) is 5.75 Å². The van der Waals surface area contributed by atoms with E-state index in [2.05, 4.69) is 5.16 Å². The summed E-state index contributed by atoms with van der Waals surface area (Å²) in [6, 6.07) is 9.83. The molecule has 2 aromatic rings. The Bertz CT molecular complexity index is 859. The van der Waals surface area contributed by atoms with Crippen LogP contribution in [-0.2, 0) is 6.42 Å². The molecule has 0 fully saturated rings. The normalized spacial score (nSPS) is 12.7. The van der Waals surface area contributed by atoms with E-state index in [1.54, 1.807) is 42.5 Å². The van der Waals surface area contributed by atoms with Crippen LogP contribution < -0.4 is 5.73 Å². The van der Waals surface area contributed by atoms with Gasteiger partial charge in [-0.1, -0.05) is 41.9 Å². The second-order valence-electron chi connectivity index (χ2n) is 5.62. The van der Waals surface area contributed by atoms with Gasteiger partial charge < -0.3 is 16.0 Å². The predicted octanol–water partition coefficient (Wildman–Crippen LogP) is 5.17. The maximum atomic E-state index is 14.0. The highest BCUT2D eigenvalue weighted by Crippen LogP contribution is 2.32. The molecule has 4 N–H and O–H groups in total. The minimum absolute atomic E-state index is 0.111. The summed E-state index contributed by atoms with van der Waals surface area (Å²) in [5.41, 5.74) is 8.36. The first-order valence-electron chi connectivity index (χ1n) is 8.08. The Morgan fingerprint density at radius 3 is 2.58 bits per heavy atom. The summed E-state index contributed by atoms with van der Waals surface area (Å²) >= 11 is 6.19. The predicted molar refractivity (Wildman–Crippen MR) is 103 cm³/mol. The van der Waals surface area contributed by atoms with Crippen molar-refractivity contribution in [1.82, 2.24) is 0 Å². The van der Waals surface area contributed by atoms with Gasteiger partial charge in [0.25, 0.3) is 0 Å². The lowest BCUT2D eigenvalue weighted by Crippen LogP contribution is -2.16. The highest BCUT2D eigenvalue weighted by Gasteiger charge is 2.15. The van der Waals surface area contributed by atoms with Crippen molar-refractivity contribution < 1.29 is 14.7 Å². The van der Waals surface area contributed by atoms with Crippen LogP contribution >= 0.6 is 11.6 Å². The Morgan fingerprint density at radius 2 is 1.96 bits per heavy atom. The molecule has 0 saturated carbocycles. The van der Waals surface area contributed by atoms with Crippen LogP contribution in [0.1, 0.15) is 24.5 Å². The van der Waals surface area contributed by atoms with Crippen LogP contribution in [0.25, 0.3) is 11.1 Å². The zero-order valence-electron chi connectivity index (χ0n) is 14.3. The lowest BCUT2D eigenvalue weighted by atomic mass is 9.92. The third-order valence-corrected chi connectivity index (χ3v) is 4.01. The molecule has 0 atom stereocenters. The van der Waals surface area contributed by atoms with Crippen molar-refractivity contribution in [3.63, 3.8) is 0 Å². The number of hydrogen-bond acceptors (Lipinski definition) is 3. The summed E-state index contributed by atoms with van der Waals surface area (Å²) in [5, 5.41) is 22.0. The van der Waals surface area contributed by atoms with Crippen molar-refractivity contribution in [3.05, 3.63) is 76.6 Å². The first kappa shape index (κ1) is 19.5. The van der Waals surface area contributed by atoms with Crippen molar-refractivity contribution in [2.24, 2.45) is 10.9 Å². The van der Waals surface area contributed by atoms with Crippen LogP contribution in [0.3, 0.4) is 0 Å². The summed E-state index contributed by atoms with van der Waals surface area (Å²) in [5.74, 6) is -0.353. The first-order chi connectivity index (χ1) is 12.5. The zero-order valence-corrected chi connectivity index (χ0v) is 15.0. The molecule has 6 heteroatoms. The van der Waals surface area contributed by atoms with Gasteiger partial charge in [0.2, 0.25) is 0 Å². The van der Waals surface area contributed by atoms with Gasteiger partial charge in [0, 0.05) is 10.6 Å². The third-order valence-electron chi connectivity index (χ3n) is 3.79. The molecule has 0 aliphatic heterocycles. The fourth-order valence-corrected chi connectivity index (χ4v) is 2.75. The van der Waals surface area contributed by atoms with Crippen molar-refractivity contribution in [2.75, 3.05) is 0 Å². The highest BCUT2D eigenvalue weighted by molar-refractivity contribution is 6.31. The lowest BCUT2D eigenvalue weighted by Gasteiger charge is -2.14. The molecule has 26 heavy (non-hydrogen) atoms. The van der Waals surface area contributed by atoms with Gasteiger partial charge in [-0.2, -0.15) is 0 Å². The fraction of sp³-hybridized carbons (Fsp3) is 0.150. The number of benzene rings is 2. The SMILES string of the molecule is CC/C=C\C(F)=C/Cc1c(/C(N)=N/O)cc(Cl)cc1-c1ccc(O)cc1. The van der Waals surface area contributed by atoms with Crippen LogP contribution in [0.15, 0.2) is 65.6 Å². The van der Waals surface area contributed by atoms with E-state index >= 15 is 0 Å². The maximum Gasteiger partial charge on any atom is 0.170 e. The Balaban J connectivity index is 2.60. The van der Waals surface area contributed by atoms with E-state index in [0.717, 1.165) is 12.0 Å². The summed E-state index contributed by atoms with van der Waals surface area (Å²) in [6.07, 6.45) is 5.50. The number of amidine groups is 1. The van der Waals surface area contributed by atoms with Crippen molar-refractivity contribution in [1.29, 1.82) is 0 Å². The smallest absolute Gasteiger partial charge is 0.170 e. The van der Waals surface area contributed by atoms with E-state index in [4.69, 9.17) is 22.5 Å². The Kier molecular flexibility index (Phi) is 6.81. The van der Waals surface area contributed by atoms with Crippen LogP contribution in [0.2, 0.25) is 5.02 Å². The largest absolute Gasteiger partial charge is 0.508 e. The molecule has 0 aliphatic rings. The molecule has 0 aliphatic carbocycles. The molecular weight excluding hydrogens is 355 g/mol. The Labute approximate surface area is 156 Å².